The van der Waals surface area contributed by atoms with E-state index < -0.39 is 17.8 Å². The van der Waals surface area contributed by atoms with Gasteiger partial charge in [0.25, 0.3) is 5.91 Å². The Morgan fingerprint density at radius 3 is 2.72 bits per heavy atom. The lowest BCUT2D eigenvalue weighted by molar-refractivity contribution is -0.141. The van der Waals surface area contributed by atoms with Crippen LogP contribution in [0.25, 0.3) is 0 Å². The topological polar surface area (TPSA) is 92.4 Å². The smallest absolute Gasteiger partial charge is 0.306 e. The lowest BCUT2D eigenvalue weighted by Crippen LogP contribution is -2.17. The van der Waals surface area contributed by atoms with E-state index in [0.717, 1.165) is 4.47 Å². The van der Waals surface area contributed by atoms with Crippen molar-refractivity contribution in [2.24, 2.45) is 11.7 Å². The summed E-state index contributed by atoms with van der Waals surface area (Å²) in [5.74, 6) is -1.78. The van der Waals surface area contributed by atoms with Crippen LogP contribution in [0.5, 0.6) is 0 Å². The maximum absolute atomic E-state index is 11.2. The molecule has 1 aromatic carbocycles. The molecule has 0 aliphatic carbocycles. The van der Waals surface area contributed by atoms with Gasteiger partial charge in [-0.3, -0.25) is 9.59 Å². The second kappa shape index (κ2) is 6.39. The zero-order valence-electron chi connectivity index (χ0n) is 9.94. The molecule has 1 aromatic rings. The maximum atomic E-state index is 11.2. The van der Waals surface area contributed by atoms with Crippen LogP contribution in [-0.2, 0) is 4.79 Å². The Hall–Kier alpha value is -1.56. The van der Waals surface area contributed by atoms with E-state index in [1.807, 2.05) is 0 Å². The van der Waals surface area contributed by atoms with E-state index in [1.165, 1.54) is 0 Å². The van der Waals surface area contributed by atoms with Crippen molar-refractivity contribution in [3.8, 4) is 0 Å². The highest BCUT2D eigenvalue weighted by Gasteiger charge is 2.12. The minimum Gasteiger partial charge on any atom is -0.481 e. The fourth-order valence-electron chi connectivity index (χ4n) is 1.42. The van der Waals surface area contributed by atoms with Gasteiger partial charge >= 0.3 is 5.97 Å². The van der Waals surface area contributed by atoms with E-state index in [1.54, 1.807) is 25.1 Å². The lowest BCUT2D eigenvalue weighted by Gasteiger charge is -2.12. The molecule has 0 fully saturated rings. The molecular formula is C12H15BrN2O3. The van der Waals surface area contributed by atoms with Crippen LogP contribution in [0.15, 0.2) is 22.7 Å². The van der Waals surface area contributed by atoms with E-state index in [9.17, 15) is 9.59 Å². The number of nitrogens with one attached hydrogen (secondary N) is 1. The highest BCUT2D eigenvalue weighted by molar-refractivity contribution is 9.10. The standard InChI is InChI=1S/C12H15BrN2O3/c1-7(12(17)18)4-5-15-10-6-8(13)2-3-9(10)11(14)16/h2-3,6-7,15H,4-5H2,1H3,(H2,14,16)(H,17,18). The normalized spacial score (nSPS) is 11.9. The molecule has 18 heavy (non-hydrogen) atoms. The van der Waals surface area contributed by atoms with E-state index >= 15 is 0 Å². The molecule has 0 saturated heterocycles. The Morgan fingerprint density at radius 2 is 2.17 bits per heavy atom. The fraction of sp³-hybridized carbons (Fsp3) is 0.333. The average molecular weight is 315 g/mol. The summed E-state index contributed by atoms with van der Waals surface area (Å²) in [6.45, 7) is 2.10. The van der Waals surface area contributed by atoms with Crippen LogP contribution in [0.2, 0.25) is 0 Å². The second-order valence-electron chi connectivity index (χ2n) is 4.01. The van der Waals surface area contributed by atoms with Crippen LogP contribution >= 0.6 is 15.9 Å². The summed E-state index contributed by atoms with van der Waals surface area (Å²) in [4.78, 5) is 21.9. The second-order valence-corrected chi connectivity index (χ2v) is 4.92. The molecule has 0 aliphatic rings. The Kier molecular flexibility index (Phi) is 5.15. The third-order valence-electron chi connectivity index (χ3n) is 2.56. The number of carbonyl (C=O) groups excluding carboxylic acids is 1. The number of rotatable bonds is 6. The minimum atomic E-state index is -0.832. The van der Waals surface area contributed by atoms with E-state index in [-0.39, 0.29) is 0 Å². The molecule has 0 heterocycles. The van der Waals surface area contributed by atoms with Crippen LogP contribution in [0.1, 0.15) is 23.7 Å². The van der Waals surface area contributed by atoms with Gasteiger partial charge in [-0.25, -0.2) is 0 Å². The van der Waals surface area contributed by atoms with Crippen molar-refractivity contribution in [3.05, 3.63) is 28.2 Å². The van der Waals surface area contributed by atoms with Crippen molar-refractivity contribution in [1.29, 1.82) is 0 Å². The highest BCUT2D eigenvalue weighted by atomic mass is 79.9. The van der Waals surface area contributed by atoms with Gasteiger partial charge in [-0.15, -0.1) is 0 Å². The Morgan fingerprint density at radius 1 is 1.50 bits per heavy atom. The predicted molar refractivity (Wildman–Crippen MR) is 72.6 cm³/mol. The summed E-state index contributed by atoms with van der Waals surface area (Å²) in [5.41, 5.74) is 6.25. The number of carboxylic acids is 1. The van der Waals surface area contributed by atoms with Crippen molar-refractivity contribution in [2.45, 2.75) is 13.3 Å². The first-order valence-electron chi connectivity index (χ1n) is 5.48. The molecule has 0 spiro atoms. The third kappa shape index (κ3) is 4.03. The summed E-state index contributed by atoms with van der Waals surface area (Å²) in [6, 6.07) is 5.09. The average Bonchev–Trinajstić information content (AvgIpc) is 2.28. The van der Waals surface area contributed by atoms with Crippen molar-refractivity contribution >= 4 is 33.5 Å². The van der Waals surface area contributed by atoms with Gasteiger partial charge in [0.1, 0.15) is 0 Å². The summed E-state index contributed by atoms with van der Waals surface area (Å²) in [5, 5.41) is 11.8. The number of benzene rings is 1. The van der Waals surface area contributed by atoms with Gasteiger partial charge in [0.05, 0.1) is 11.5 Å². The van der Waals surface area contributed by atoms with Crippen molar-refractivity contribution < 1.29 is 14.7 Å². The van der Waals surface area contributed by atoms with Crippen LogP contribution in [-0.4, -0.2) is 23.5 Å². The molecule has 98 valence electrons. The van der Waals surface area contributed by atoms with Crippen LogP contribution < -0.4 is 11.1 Å². The zero-order valence-corrected chi connectivity index (χ0v) is 11.5. The number of aliphatic carboxylic acids is 1. The summed E-state index contributed by atoms with van der Waals surface area (Å²) < 4.78 is 0.821. The van der Waals surface area contributed by atoms with E-state index in [0.29, 0.717) is 24.2 Å². The lowest BCUT2D eigenvalue weighted by atomic mass is 10.1. The largest absolute Gasteiger partial charge is 0.481 e. The molecule has 0 radical (unpaired) electrons. The number of amides is 1. The van der Waals surface area contributed by atoms with Gasteiger partial charge < -0.3 is 16.2 Å². The van der Waals surface area contributed by atoms with Crippen molar-refractivity contribution in [3.63, 3.8) is 0 Å². The van der Waals surface area contributed by atoms with E-state index in [2.05, 4.69) is 21.2 Å². The SMILES string of the molecule is CC(CCNc1cc(Br)ccc1C(N)=O)C(=O)O. The third-order valence-corrected chi connectivity index (χ3v) is 3.05. The first kappa shape index (κ1) is 14.5. The number of nitrogens with two attached hydrogens (primary N) is 1. The molecule has 4 N–H and O–H groups in total. The molecule has 1 rings (SSSR count). The summed E-state index contributed by atoms with van der Waals surface area (Å²) in [7, 11) is 0. The van der Waals surface area contributed by atoms with Gasteiger partial charge in [-0.2, -0.15) is 0 Å². The zero-order chi connectivity index (χ0) is 13.7. The molecular weight excluding hydrogens is 300 g/mol. The maximum Gasteiger partial charge on any atom is 0.306 e. The molecule has 1 unspecified atom stereocenters. The monoisotopic (exact) mass is 314 g/mol. The number of hydrogen-bond acceptors (Lipinski definition) is 3. The number of carboxylic acid groups (broad SMARTS) is 1. The number of hydrogen-bond donors (Lipinski definition) is 3. The van der Waals surface area contributed by atoms with Gasteiger partial charge in [-0.1, -0.05) is 22.9 Å². The first-order chi connectivity index (χ1) is 8.41. The van der Waals surface area contributed by atoms with Crippen LogP contribution in [0.3, 0.4) is 0 Å². The van der Waals surface area contributed by atoms with E-state index in [4.69, 9.17) is 10.8 Å². The van der Waals surface area contributed by atoms with Crippen LogP contribution in [0.4, 0.5) is 5.69 Å². The van der Waals surface area contributed by atoms with Gasteiger partial charge in [0.15, 0.2) is 0 Å². The van der Waals surface area contributed by atoms with Crippen LogP contribution in [0, 0.1) is 5.92 Å². The molecule has 0 bridgehead atoms. The predicted octanol–water partition coefficient (Wildman–Crippen LogP) is 2.07. The quantitative estimate of drug-likeness (QED) is 0.749. The first-order valence-corrected chi connectivity index (χ1v) is 6.27. The summed E-state index contributed by atoms with van der Waals surface area (Å²) >= 11 is 3.30. The van der Waals surface area contributed by atoms with Crippen molar-refractivity contribution in [2.75, 3.05) is 11.9 Å². The molecule has 1 atom stereocenters. The minimum absolute atomic E-state index is 0.390. The Balaban J connectivity index is 2.69. The number of anilines is 1. The van der Waals surface area contributed by atoms with Gasteiger partial charge in [-0.05, 0) is 24.6 Å². The summed E-state index contributed by atoms with van der Waals surface area (Å²) in [6.07, 6.45) is 0.472. The molecule has 0 saturated carbocycles. The number of carbonyl (C=O) groups is 2. The molecule has 1 amide bonds. The highest BCUT2D eigenvalue weighted by Crippen LogP contribution is 2.21. The molecule has 6 heteroatoms. The van der Waals surface area contributed by atoms with Gasteiger partial charge in [0.2, 0.25) is 0 Å². The Bertz CT molecular complexity index is 463. The number of primary amides is 1. The fourth-order valence-corrected chi connectivity index (χ4v) is 1.79. The number of halogens is 1. The Labute approximate surface area is 113 Å². The van der Waals surface area contributed by atoms with Crippen molar-refractivity contribution in [1.82, 2.24) is 0 Å². The van der Waals surface area contributed by atoms with Gasteiger partial charge in [0, 0.05) is 16.7 Å². The molecule has 0 aromatic heterocycles. The molecule has 0 aliphatic heterocycles. The molecule has 5 nitrogen and oxygen atoms in total.